The maximum atomic E-state index is 8.24. The van der Waals surface area contributed by atoms with E-state index >= 15 is 0 Å². The minimum absolute atomic E-state index is 0. The monoisotopic (exact) mass is 279 g/mol. The van der Waals surface area contributed by atoms with Gasteiger partial charge in [-0.05, 0) is 18.2 Å². The molecule has 0 aromatic heterocycles. The Labute approximate surface area is 97.1 Å². The molecule has 0 atom stereocenters. The van der Waals surface area contributed by atoms with Crippen molar-refractivity contribution >= 4 is 18.2 Å². The number of nitrogens with zero attached hydrogens (tertiary/aromatic N) is 3. The number of isocyanates is 3. The molecule has 10 heavy (non-hydrogen) atoms. The van der Waals surface area contributed by atoms with Crippen LogP contribution < -0.4 is 0 Å². The molecule has 0 aromatic carbocycles. The first-order valence-electron chi connectivity index (χ1n) is 1.28. The molecule has 0 aliphatic rings. The summed E-state index contributed by atoms with van der Waals surface area (Å²) < 4.78 is 0. The topological polar surface area (TPSA) is 118 Å². The van der Waals surface area contributed by atoms with Crippen LogP contribution in [0, 0.1) is 49.4 Å². The Morgan fingerprint density at radius 3 is 0.700 bits per heavy atom. The third-order valence-corrected chi connectivity index (χ3v) is 0. The molecule has 0 N–H and O–H groups in total. The van der Waals surface area contributed by atoms with E-state index in [9.17, 15) is 0 Å². The summed E-state index contributed by atoms with van der Waals surface area (Å²) in [5, 5.41) is 20.3. The summed E-state index contributed by atoms with van der Waals surface area (Å²) in [6.07, 6.45) is 1.50. The van der Waals surface area contributed by atoms with Gasteiger partial charge in [0.1, 0.15) is 0 Å². The van der Waals surface area contributed by atoms with E-state index in [0.29, 0.717) is 18.2 Å². The molecule has 0 amide bonds. The molecule has 0 bridgehead atoms. The van der Waals surface area contributed by atoms with E-state index in [2.05, 4.69) is 0 Å². The second kappa shape index (κ2) is 70.1. The van der Waals surface area contributed by atoms with Gasteiger partial charge >= 0.3 is 49.4 Å². The van der Waals surface area contributed by atoms with Gasteiger partial charge in [-0.3, -0.25) is 14.4 Å². The van der Waals surface area contributed by atoms with Gasteiger partial charge in [0.15, 0.2) is 0 Å². The third kappa shape index (κ3) is 4600. The zero-order chi connectivity index (χ0) is 8.12. The Bertz CT molecular complexity index is 111. The first-order valence-corrected chi connectivity index (χ1v) is 1.28. The normalized spacial score (nSPS) is 2.40. The molecule has 0 fully saturated rings. The fourth-order valence-electron chi connectivity index (χ4n) is 0. The number of rotatable bonds is 0. The van der Waals surface area contributed by atoms with Crippen molar-refractivity contribution in [2.24, 2.45) is 0 Å². The second-order valence-corrected chi connectivity index (χ2v) is 0.274. The molecule has 0 aliphatic heterocycles. The molecule has 0 spiro atoms. The minimum atomic E-state index is 0. The van der Waals surface area contributed by atoms with E-state index in [-0.39, 0.29) is 49.4 Å². The van der Waals surface area contributed by atoms with Crippen LogP contribution in [0.3, 0.4) is 0 Å². The number of hydrogen-bond donors (Lipinski definition) is 0. The van der Waals surface area contributed by atoms with E-state index < -0.39 is 0 Å². The summed E-state index contributed by atoms with van der Waals surface area (Å²) >= 11 is 0. The Kier molecular flexibility index (Phi) is 158. The zero-order valence-corrected chi connectivity index (χ0v) is 6.87. The van der Waals surface area contributed by atoms with Gasteiger partial charge in [-0.2, -0.15) is 0 Å². The number of hydrogen-bond acceptors (Lipinski definition) is 3. The van der Waals surface area contributed by atoms with Gasteiger partial charge < -0.3 is 16.2 Å². The molecule has 0 unspecified atom stereocenters. The van der Waals surface area contributed by atoms with Gasteiger partial charge in [0.2, 0.25) is 0 Å². The van der Waals surface area contributed by atoms with Crippen molar-refractivity contribution in [3.8, 4) is 0 Å². The second-order valence-electron chi connectivity index (χ2n) is 0.274. The van der Waals surface area contributed by atoms with Crippen LogP contribution in [0.2, 0.25) is 0 Å². The fourth-order valence-corrected chi connectivity index (χ4v) is 0. The predicted octanol–water partition coefficient (Wildman–Crippen LogP) is -0.325. The summed E-state index contributed by atoms with van der Waals surface area (Å²) in [5.74, 6) is 0. The average molecular weight is 278 g/mol. The van der Waals surface area contributed by atoms with Crippen molar-refractivity contribution in [1.29, 1.82) is 0 Å². The smallest absolute Gasteiger partial charge is 0.724 e. The SMILES string of the molecule is [Eu+3].[N-]=C=O.[N-]=C=O.[N-]=C=O. The third-order valence-electron chi connectivity index (χ3n) is 0. The molecule has 6 nitrogen and oxygen atoms in total. The molecular formula is C3EuN3O3. The Balaban J connectivity index is -0.0000000257. The molecule has 0 radical (unpaired) electrons. The van der Waals surface area contributed by atoms with E-state index in [1.165, 1.54) is 0 Å². The van der Waals surface area contributed by atoms with E-state index in [1.54, 1.807) is 0 Å². The summed E-state index contributed by atoms with van der Waals surface area (Å²) in [7, 11) is 0. The largest absolute Gasteiger partial charge is 3.00 e. The van der Waals surface area contributed by atoms with Gasteiger partial charge in [0.25, 0.3) is 0 Å². The van der Waals surface area contributed by atoms with Crippen LogP contribution in [-0.2, 0) is 14.4 Å². The summed E-state index contributed by atoms with van der Waals surface area (Å²) in [5.41, 5.74) is 0. The van der Waals surface area contributed by atoms with Crippen molar-refractivity contribution in [3.63, 3.8) is 0 Å². The molecule has 0 saturated heterocycles. The fraction of sp³-hybridized carbons (Fsp3) is 0. The van der Waals surface area contributed by atoms with E-state index in [4.69, 9.17) is 30.6 Å². The van der Waals surface area contributed by atoms with Crippen molar-refractivity contribution < 1.29 is 63.8 Å². The van der Waals surface area contributed by atoms with Gasteiger partial charge in [0, 0.05) is 0 Å². The Morgan fingerprint density at radius 2 is 0.700 bits per heavy atom. The average Bonchev–Trinajstić information content (AvgIpc) is 1.70. The molecule has 52 valence electrons. The first-order chi connectivity index (χ1) is 4.24. The van der Waals surface area contributed by atoms with Crippen molar-refractivity contribution in [1.82, 2.24) is 0 Å². The minimum Gasteiger partial charge on any atom is -0.724 e. The first kappa shape index (κ1) is 22.6. The molecule has 0 saturated carbocycles. The van der Waals surface area contributed by atoms with Crippen molar-refractivity contribution in [3.05, 3.63) is 16.2 Å². The van der Waals surface area contributed by atoms with Crippen LogP contribution >= 0.6 is 0 Å². The van der Waals surface area contributed by atoms with Gasteiger partial charge in [0.05, 0.1) is 0 Å². The zero-order valence-electron chi connectivity index (χ0n) is 4.44. The maximum absolute atomic E-state index is 8.24. The summed E-state index contributed by atoms with van der Waals surface area (Å²) in [6.45, 7) is 0. The van der Waals surface area contributed by atoms with Crippen LogP contribution in [0.4, 0.5) is 0 Å². The van der Waals surface area contributed by atoms with Gasteiger partial charge in [-0.25, -0.2) is 0 Å². The van der Waals surface area contributed by atoms with Crippen LogP contribution in [0.5, 0.6) is 0 Å². The molecule has 0 aromatic rings. The molecule has 0 rings (SSSR count). The predicted molar refractivity (Wildman–Crippen MR) is 27.2 cm³/mol. The van der Waals surface area contributed by atoms with E-state index in [0.717, 1.165) is 0 Å². The van der Waals surface area contributed by atoms with Crippen molar-refractivity contribution in [2.75, 3.05) is 0 Å². The summed E-state index contributed by atoms with van der Waals surface area (Å²) in [6, 6.07) is 0. The maximum Gasteiger partial charge on any atom is 3.00 e. The van der Waals surface area contributed by atoms with Crippen LogP contribution in [0.25, 0.3) is 16.2 Å². The van der Waals surface area contributed by atoms with Crippen LogP contribution in [0.1, 0.15) is 0 Å². The van der Waals surface area contributed by atoms with Gasteiger partial charge in [-0.1, -0.05) is 0 Å². The molecule has 0 aliphatic carbocycles. The van der Waals surface area contributed by atoms with Crippen LogP contribution in [0.15, 0.2) is 0 Å². The van der Waals surface area contributed by atoms with Crippen molar-refractivity contribution in [2.45, 2.75) is 0 Å². The summed E-state index contributed by atoms with van der Waals surface area (Å²) in [4.78, 5) is 24.7. The molecule has 0 heterocycles. The Morgan fingerprint density at radius 1 is 0.700 bits per heavy atom. The van der Waals surface area contributed by atoms with Gasteiger partial charge in [-0.15, -0.1) is 0 Å². The molecule has 7 heteroatoms. The Hall–Kier alpha value is -0.276. The quantitative estimate of drug-likeness (QED) is 0.446. The number of carbonyl (C=O) groups excluding carboxylic acids is 3. The standard InChI is InChI=1S/3CNO.Eu/c3*2-1-3;/q3*-1;+3. The molecular weight excluding hydrogens is 278 g/mol. The van der Waals surface area contributed by atoms with Crippen LogP contribution in [-0.4, -0.2) is 18.2 Å². The van der Waals surface area contributed by atoms with E-state index in [1.807, 2.05) is 0 Å².